The van der Waals surface area contributed by atoms with Crippen molar-refractivity contribution in [3.8, 4) is 6.07 Å². The van der Waals surface area contributed by atoms with Crippen LogP contribution in [0.15, 0.2) is 24.5 Å². The molecule has 0 bridgehead atoms. The van der Waals surface area contributed by atoms with Crippen molar-refractivity contribution >= 4 is 23.3 Å². The van der Waals surface area contributed by atoms with Crippen molar-refractivity contribution in [1.29, 1.82) is 5.26 Å². The monoisotopic (exact) mass is 507 g/mol. The topological polar surface area (TPSA) is 130 Å². The van der Waals surface area contributed by atoms with E-state index >= 15 is 0 Å². The third-order valence-electron chi connectivity index (χ3n) is 7.11. The SMILES string of the molecule is N#CCC1(n2cc(C(N)=O)c(Nc3ccnc(F)c3)n2)CCN(C(=O)C(C2CCC2)C(F)(F)F)CC1. The molecule has 1 unspecified atom stereocenters. The number of nitrogens with zero attached hydrogens (tertiary/aromatic N) is 5. The lowest BCUT2D eigenvalue weighted by atomic mass is 9.74. The molecule has 2 aliphatic rings. The second-order valence-corrected chi connectivity index (χ2v) is 9.29. The molecule has 3 heterocycles. The van der Waals surface area contributed by atoms with E-state index in [1.165, 1.54) is 28.0 Å². The fraction of sp³-hybridized carbons (Fsp3) is 0.522. The van der Waals surface area contributed by atoms with Crippen LogP contribution in [0.1, 0.15) is 48.9 Å². The fourth-order valence-electron chi connectivity index (χ4n) is 4.86. The van der Waals surface area contributed by atoms with Gasteiger partial charge in [0.1, 0.15) is 11.5 Å². The number of rotatable bonds is 7. The number of nitrogens with two attached hydrogens (primary N) is 1. The summed E-state index contributed by atoms with van der Waals surface area (Å²) in [6.45, 7) is 0.00775. The summed E-state index contributed by atoms with van der Waals surface area (Å²) >= 11 is 0. The Morgan fingerprint density at radius 1 is 1.31 bits per heavy atom. The zero-order valence-corrected chi connectivity index (χ0v) is 19.3. The van der Waals surface area contributed by atoms with Crippen molar-refractivity contribution in [2.24, 2.45) is 17.6 Å². The first kappa shape index (κ1) is 25.4. The Labute approximate surface area is 204 Å². The van der Waals surface area contributed by atoms with Gasteiger partial charge in [0.05, 0.1) is 18.0 Å². The second kappa shape index (κ2) is 9.75. The van der Waals surface area contributed by atoms with Crippen LogP contribution in [-0.2, 0) is 10.3 Å². The van der Waals surface area contributed by atoms with Crippen molar-refractivity contribution in [3.63, 3.8) is 0 Å². The molecular formula is C23H25F4N7O2. The third kappa shape index (κ3) is 4.98. The molecule has 1 aliphatic carbocycles. The summed E-state index contributed by atoms with van der Waals surface area (Å²) in [5.74, 6) is -5.18. The van der Waals surface area contributed by atoms with Gasteiger partial charge in [0.15, 0.2) is 5.82 Å². The molecule has 2 fully saturated rings. The second-order valence-electron chi connectivity index (χ2n) is 9.29. The van der Waals surface area contributed by atoms with Gasteiger partial charge < -0.3 is 16.0 Å². The van der Waals surface area contributed by atoms with Gasteiger partial charge >= 0.3 is 6.18 Å². The molecule has 3 N–H and O–H groups in total. The molecule has 2 aromatic heterocycles. The smallest absolute Gasteiger partial charge is 0.365 e. The summed E-state index contributed by atoms with van der Waals surface area (Å²) in [7, 11) is 0. The Morgan fingerprint density at radius 3 is 2.53 bits per heavy atom. The lowest BCUT2D eigenvalue weighted by Gasteiger charge is -2.43. The minimum absolute atomic E-state index is 0.00387. The van der Waals surface area contributed by atoms with E-state index < -0.39 is 41.3 Å². The fourth-order valence-corrected chi connectivity index (χ4v) is 4.86. The Hall–Kier alpha value is -3.69. The lowest BCUT2D eigenvalue weighted by molar-refractivity contribution is -0.205. The predicted octanol–water partition coefficient (Wildman–Crippen LogP) is 3.47. The Kier molecular flexibility index (Phi) is 6.88. The number of hydrogen-bond acceptors (Lipinski definition) is 6. The summed E-state index contributed by atoms with van der Waals surface area (Å²) in [5.41, 5.74) is 4.78. The number of carbonyl (C=O) groups excluding carboxylic acids is 2. The number of piperidine rings is 1. The largest absolute Gasteiger partial charge is 0.400 e. The summed E-state index contributed by atoms with van der Waals surface area (Å²) in [6, 6.07) is 4.64. The molecule has 192 valence electrons. The summed E-state index contributed by atoms with van der Waals surface area (Å²) in [4.78, 5) is 29.6. The van der Waals surface area contributed by atoms with Crippen molar-refractivity contribution in [2.75, 3.05) is 18.4 Å². The number of primary amides is 1. The highest BCUT2D eigenvalue weighted by Crippen LogP contribution is 2.44. The van der Waals surface area contributed by atoms with E-state index in [0.717, 1.165) is 6.07 Å². The first-order chi connectivity index (χ1) is 17.0. The van der Waals surface area contributed by atoms with Gasteiger partial charge in [-0.2, -0.15) is 27.9 Å². The van der Waals surface area contributed by atoms with Gasteiger partial charge in [-0.3, -0.25) is 14.3 Å². The number of halogens is 4. The molecule has 0 aromatic carbocycles. The van der Waals surface area contributed by atoms with Gasteiger partial charge in [0, 0.05) is 37.2 Å². The normalized spacial score (nSPS) is 18.7. The van der Waals surface area contributed by atoms with Crippen LogP contribution >= 0.6 is 0 Å². The molecule has 13 heteroatoms. The van der Waals surface area contributed by atoms with Gasteiger partial charge in [-0.25, -0.2) is 4.98 Å². The summed E-state index contributed by atoms with van der Waals surface area (Å²) < 4.78 is 55.9. The minimum Gasteiger partial charge on any atom is -0.365 e. The third-order valence-corrected chi connectivity index (χ3v) is 7.11. The van der Waals surface area contributed by atoms with E-state index in [1.807, 2.05) is 0 Å². The number of carbonyl (C=O) groups is 2. The maximum Gasteiger partial charge on any atom is 0.400 e. The molecule has 9 nitrogen and oxygen atoms in total. The zero-order valence-electron chi connectivity index (χ0n) is 19.3. The van der Waals surface area contributed by atoms with Gasteiger partial charge in [0.25, 0.3) is 5.91 Å². The van der Waals surface area contributed by atoms with E-state index in [2.05, 4.69) is 21.5 Å². The molecule has 4 rings (SSSR count). The van der Waals surface area contributed by atoms with Gasteiger partial charge in [0.2, 0.25) is 11.9 Å². The number of likely N-dealkylation sites (tertiary alicyclic amines) is 1. The standard InChI is InChI=1S/C23H25F4N7O2/c24-17-12-15(4-9-30-17)31-20-16(19(29)35)13-34(32-20)22(5-8-28)6-10-33(11-7-22)21(36)18(23(25,26)27)14-2-1-3-14/h4,9,12-14,18H,1-3,5-7,10-11H2,(H2,29,35)(H,30,31,32). The van der Waals surface area contributed by atoms with Crippen LogP contribution in [-0.4, -0.2) is 50.7 Å². The number of nitrogens with one attached hydrogen (secondary N) is 1. The predicted molar refractivity (Wildman–Crippen MR) is 119 cm³/mol. The van der Waals surface area contributed by atoms with E-state index in [1.54, 1.807) is 0 Å². The molecule has 2 aromatic rings. The highest BCUT2D eigenvalue weighted by atomic mass is 19.4. The van der Waals surface area contributed by atoms with Crippen molar-refractivity contribution in [3.05, 3.63) is 36.0 Å². The molecule has 1 saturated carbocycles. The summed E-state index contributed by atoms with van der Waals surface area (Å²) in [6.07, 6.45) is -0.331. The molecule has 36 heavy (non-hydrogen) atoms. The van der Waals surface area contributed by atoms with Crippen LogP contribution in [0.4, 0.5) is 29.1 Å². The average Bonchev–Trinajstić information content (AvgIpc) is 3.20. The van der Waals surface area contributed by atoms with Gasteiger partial charge in [-0.15, -0.1) is 0 Å². The number of anilines is 2. The molecule has 0 spiro atoms. The number of aromatic nitrogens is 3. The van der Waals surface area contributed by atoms with Crippen LogP contribution in [0.2, 0.25) is 0 Å². The van der Waals surface area contributed by atoms with Crippen molar-refractivity contribution in [1.82, 2.24) is 19.7 Å². The Bertz CT molecular complexity index is 1180. The van der Waals surface area contributed by atoms with E-state index in [0.29, 0.717) is 19.3 Å². The lowest BCUT2D eigenvalue weighted by Crippen LogP contribution is -2.53. The first-order valence-electron chi connectivity index (χ1n) is 11.5. The van der Waals surface area contributed by atoms with E-state index in [4.69, 9.17) is 5.73 Å². The maximum atomic E-state index is 13.7. The van der Waals surface area contributed by atoms with Crippen LogP contribution in [0.3, 0.4) is 0 Å². The molecule has 2 amide bonds. The number of hydrogen-bond donors (Lipinski definition) is 2. The van der Waals surface area contributed by atoms with Crippen LogP contribution in [0.25, 0.3) is 0 Å². The molecule has 1 atom stereocenters. The highest BCUT2D eigenvalue weighted by molar-refractivity contribution is 5.98. The number of nitriles is 1. The van der Waals surface area contributed by atoms with Crippen LogP contribution in [0, 0.1) is 29.1 Å². The number of pyridine rings is 1. The molecule has 1 saturated heterocycles. The molecule has 0 radical (unpaired) electrons. The highest BCUT2D eigenvalue weighted by Gasteiger charge is 2.53. The van der Waals surface area contributed by atoms with Gasteiger partial charge in [-0.1, -0.05) is 6.42 Å². The van der Waals surface area contributed by atoms with Gasteiger partial charge in [-0.05, 0) is 37.7 Å². The maximum absolute atomic E-state index is 13.7. The quantitative estimate of drug-likeness (QED) is 0.436. The average molecular weight is 507 g/mol. The molecular weight excluding hydrogens is 482 g/mol. The first-order valence-corrected chi connectivity index (χ1v) is 11.5. The van der Waals surface area contributed by atoms with Crippen molar-refractivity contribution in [2.45, 2.75) is 50.2 Å². The van der Waals surface area contributed by atoms with E-state index in [9.17, 15) is 32.4 Å². The van der Waals surface area contributed by atoms with Crippen LogP contribution < -0.4 is 11.1 Å². The Balaban J connectivity index is 1.57. The minimum atomic E-state index is -4.62. The van der Waals surface area contributed by atoms with Crippen LogP contribution in [0.5, 0.6) is 0 Å². The zero-order chi connectivity index (χ0) is 26.1. The molecule has 1 aliphatic heterocycles. The Morgan fingerprint density at radius 2 is 2.00 bits per heavy atom. The van der Waals surface area contributed by atoms with Crippen molar-refractivity contribution < 1.29 is 27.2 Å². The van der Waals surface area contributed by atoms with E-state index in [-0.39, 0.29) is 49.4 Å². The summed E-state index contributed by atoms with van der Waals surface area (Å²) in [5, 5.41) is 16.7. The number of alkyl halides is 3. The number of amides is 2.